The summed E-state index contributed by atoms with van der Waals surface area (Å²) >= 11 is 0. The number of hydrogen-bond donors (Lipinski definition) is 0. The normalized spacial score (nSPS) is 25.9. The molecule has 1 aromatic carbocycles. The Morgan fingerprint density at radius 2 is 1.89 bits per heavy atom. The van der Waals surface area contributed by atoms with Gasteiger partial charge in [-0.1, -0.05) is 17.7 Å². The lowest BCUT2D eigenvalue weighted by atomic mass is 9.88. The molecule has 1 aliphatic heterocycles. The van der Waals surface area contributed by atoms with Gasteiger partial charge in [-0.15, -0.1) is 0 Å². The maximum atomic E-state index is 11.7. The fourth-order valence-electron chi connectivity index (χ4n) is 2.85. The Morgan fingerprint density at radius 3 is 2.39 bits per heavy atom. The van der Waals surface area contributed by atoms with Gasteiger partial charge in [-0.05, 0) is 51.3 Å². The van der Waals surface area contributed by atoms with Crippen molar-refractivity contribution >= 4 is 5.97 Å². The van der Waals surface area contributed by atoms with Crippen molar-refractivity contribution in [2.75, 3.05) is 6.61 Å². The predicted octanol–water partition coefficient (Wildman–Crippen LogP) is 2.79. The van der Waals surface area contributed by atoms with E-state index >= 15 is 0 Å². The Balaban J connectivity index is 2.32. The Labute approximate surface area is 108 Å². The first-order valence-electron chi connectivity index (χ1n) is 6.33. The summed E-state index contributed by atoms with van der Waals surface area (Å²) in [6, 6.07) is 4.24. The minimum Gasteiger partial charge on any atom is -0.464 e. The molecule has 18 heavy (non-hydrogen) atoms. The molecule has 3 nitrogen and oxygen atoms in total. The van der Waals surface area contributed by atoms with E-state index in [0.717, 1.165) is 5.56 Å². The van der Waals surface area contributed by atoms with Gasteiger partial charge in [0.2, 0.25) is 0 Å². The number of carbonyl (C=O) groups excluding carboxylic acids is 1. The Bertz CT molecular complexity index is 470. The van der Waals surface area contributed by atoms with Gasteiger partial charge in [-0.3, -0.25) is 0 Å². The van der Waals surface area contributed by atoms with Crippen molar-refractivity contribution in [3.63, 3.8) is 0 Å². The van der Waals surface area contributed by atoms with Crippen LogP contribution in [0.1, 0.15) is 36.1 Å². The van der Waals surface area contributed by atoms with Crippen LogP contribution in [0.3, 0.4) is 0 Å². The standard InChI is InChI=1S/C15H20O3/c1-6-17-14(16)13-15(5,18-13)12-10(3)7-9(2)8-11(12)4/h7-8,13H,6H2,1-5H3. The van der Waals surface area contributed by atoms with Crippen molar-refractivity contribution in [1.29, 1.82) is 0 Å². The summed E-state index contributed by atoms with van der Waals surface area (Å²) in [7, 11) is 0. The minimum atomic E-state index is -0.520. The van der Waals surface area contributed by atoms with E-state index in [1.165, 1.54) is 16.7 Å². The molecule has 3 heteroatoms. The van der Waals surface area contributed by atoms with E-state index < -0.39 is 11.7 Å². The Morgan fingerprint density at radius 1 is 1.33 bits per heavy atom. The number of rotatable bonds is 3. The molecule has 2 unspecified atom stereocenters. The molecule has 2 rings (SSSR count). The number of epoxide rings is 1. The maximum Gasteiger partial charge on any atom is 0.338 e. The van der Waals surface area contributed by atoms with Crippen LogP contribution in [-0.2, 0) is 19.9 Å². The molecule has 1 aromatic rings. The van der Waals surface area contributed by atoms with Crippen molar-refractivity contribution in [2.45, 2.75) is 46.3 Å². The molecule has 2 atom stereocenters. The van der Waals surface area contributed by atoms with E-state index in [-0.39, 0.29) is 5.97 Å². The molecule has 1 heterocycles. The van der Waals surface area contributed by atoms with Crippen LogP contribution in [0.15, 0.2) is 12.1 Å². The molecule has 0 radical (unpaired) electrons. The summed E-state index contributed by atoms with van der Waals surface area (Å²) in [5, 5.41) is 0. The van der Waals surface area contributed by atoms with Crippen molar-refractivity contribution in [2.24, 2.45) is 0 Å². The highest BCUT2D eigenvalue weighted by Gasteiger charge is 2.60. The summed E-state index contributed by atoms with van der Waals surface area (Å²) in [4.78, 5) is 11.7. The lowest BCUT2D eigenvalue weighted by molar-refractivity contribution is -0.144. The molecule has 1 saturated heterocycles. The highest BCUT2D eigenvalue weighted by atomic mass is 16.7. The molecule has 0 N–H and O–H groups in total. The predicted molar refractivity (Wildman–Crippen MR) is 69.5 cm³/mol. The van der Waals surface area contributed by atoms with Gasteiger partial charge in [0.15, 0.2) is 6.10 Å². The van der Waals surface area contributed by atoms with Crippen molar-refractivity contribution in [3.05, 3.63) is 34.4 Å². The molecule has 1 fully saturated rings. The number of ether oxygens (including phenoxy) is 2. The third-order valence-corrected chi connectivity index (χ3v) is 3.48. The topological polar surface area (TPSA) is 38.8 Å². The first kappa shape index (κ1) is 13.1. The average molecular weight is 248 g/mol. The van der Waals surface area contributed by atoms with Crippen LogP contribution in [0.4, 0.5) is 0 Å². The lowest BCUT2D eigenvalue weighted by Gasteiger charge is -2.15. The first-order valence-corrected chi connectivity index (χ1v) is 6.33. The largest absolute Gasteiger partial charge is 0.464 e. The molecule has 0 amide bonds. The van der Waals surface area contributed by atoms with Gasteiger partial charge in [0, 0.05) is 0 Å². The smallest absolute Gasteiger partial charge is 0.338 e. The highest BCUT2D eigenvalue weighted by molar-refractivity contribution is 5.80. The fraction of sp³-hybridized carbons (Fsp3) is 0.533. The number of hydrogen-bond acceptors (Lipinski definition) is 3. The summed E-state index contributed by atoms with van der Waals surface area (Å²) in [5.41, 5.74) is 4.16. The number of esters is 1. The van der Waals surface area contributed by atoms with Gasteiger partial charge in [0.05, 0.1) is 6.61 Å². The SMILES string of the molecule is CCOC(=O)C1OC1(C)c1c(C)cc(C)cc1C. The molecule has 0 aromatic heterocycles. The van der Waals surface area contributed by atoms with Crippen LogP contribution in [-0.4, -0.2) is 18.7 Å². The molecule has 98 valence electrons. The van der Waals surface area contributed by atoms with Crippen LogP contribution in [0.5, 0.6) is 0 Å². The van der Waals surface area contributed by atoms with Crippen LogP contribution in [0, 0.1) is 20.8 Å². The van der Waals surface area contributed by atoms with Crippen molar-refractivity contribution in [3.8, 4) is 0 Å². The van der Waals surface area contributed by atoms with E-state index in [0.29, 0.717) is 6.61 Å². The second-order valence-corrected chi connectivity index (χ2v) is 5.13. The molecular weight excluding hydrogens is 228 g/mol. The highest BCUT2D eigenvalue weighted by Crippen LogP contribution is 2.49. The van der Waals surface area contributed by atoms with Gasteiger partial charge in [0.25, 0.3) is 0 Å². The third-order valence-electron chi connectivity index (χ3n) is 3.48. The number of benzene rings is 1. The summed E-state index contributed by atoms with van der Waals surface area (Å²) in [6.45, 7) is 10.3. The van der Waals surface area contributed by atoms with E-state index in [1.54, 1.807) is 6.92 Å². The quantitative estimate of drug-likeness (QED) is 0.610. The van der Waals surface area contributed by atoms with Crippen LogP contribution in [0.2, 0.25) is 0 Å². The summed E-state index contributed by atoms with van der Waals surface area (Å²) in [5.74, 6) is -0.264. The van der Waals surface area contributed by atoms with Gasteiger partial charge < -0.3 is 9.47 Å². The van der Waals surface area contributed by atoms with E-state index in [9.17, 15) is 4.79 Å². The maximum absolute atomic E-state index is 11.7. The lowest BCUT2D eigenvalue weighted by Crippen LogP contribution is -2.20. The van der Waals surface area contributed by atoms with E-state index in [4.69, 9.17) is 9.47 Å². The van der Waals surface area contributed by atoms with Gasteiger partial charge >= 0.3 is 5.97 Å². The molecule has 0 bridgehead atoms. The number of carbonyl (C=O) groups is 1. The Hall–Kier alpha value is -1.35. The number of aryl methyl sites for hydroxylation is 3. The molecule has 0 aliphatic carbocycles. The van der Waals surface area contributed by atoms with Crippen molar-refractivity contribution < 1.29 is 14.3 Å². The second kappa shape index (κ2) is 4.39. The van der Waals surface area contributed by atoms with Crippen molar-refractivity contribution in [1.82, 2.24) is 0 Å². The zero-order chi connectivity index (χ0) is 13.5. The summed E-state index contributed by atoms with van der Waals surface area (Å²) < 4.78 is 10.7. The minimum absolute atomic E-state index is 0.264. The van der Waals surface area contributed by atoms with Gasteiger partial charge in [-0.25, -0.2) is 4.79 Å². The van der Waals surface area contributed by atoms with E-state index in [1.807, 2.05) is 6.92 Å². The molecule has 0 saturated carbocycles. The van der Waals surface area contributed by atoms with Crippen LogP contribution in [0.25, 0.3) is 0 Å². The van der Waals surface area contributed by atoms with E-state index in [2.05, 4.69) is 32.9 Å². The average Bonchev–Trinajstić information content (AvgIpc) is 2.90. The molecule has 0 spiro atoms. The van der Waals surface area contributed by atoms with Crippen LogP contribution >= 0.6 is 0 Å². The third kappa shape index (κ3) is 2.03. The summed E-state index contributed by atoms with van der Waals surface area (Å²) in [6.07, 6.45) is -0.461. The van der Waals surface area contributed by atoms with Gasteiger partial charge in [-0.2, -0.15) is 0 Å². The molecule has 1 aliphatic rings. The molecular formula is C15H20O3. The second-order valence-electron chi connectivity index (χ2n) is 5.13. The van der Waals surface area contributed by atoms with Crippen LogP contribution < -0.4 is 0 Å². The first-order chi connectivity index (χ1) is 8.40. The zero-order valence-corrected chi connectivity index (χ0v) is 11.7. The monoisotopic (exact) mass is 248 g/mol. The fourth-order valence-corrected chi connectivity index (χ4v) is 2.85. The zero-order valence-electron chi connectivity index (χ0n) is 11.7. The van der Waals surface area contributed by atoms with Gasteiger partial charge in [0.1, 0.15) is 5.60 Å². The Kier molecular flexibility index (Phi) is 3.20.